The van der Waals surface area contributed by atoms with Crippen molar-refractivity contribution >= 4 is 22.4 Å². The molecule has 0 amide bonds. The molecular formula is C15H25N3O2S. The number of rotatable bonds is 3. The Morgan fingerprint density at radius 1 is 1.43 bits per heavy atom. The first-order valence-electron chi connectivity index (χ1n) is 7.43. The van der Waals surface area contributed by atoms with Crippen LogP contribution in [0.3, 0.4) is 0 Å². The van der Waals surface area contributed by atoms with Gasteiger partial charge in [0, 0.05) is 31.1 Å². The molecule has 2 heterocycles. The number of piperazine rings is 1. The molecule has 1 aromatic heterocycles. The van der Waals surface area contributed by atoms with Gasteiger partial charge in [0.1, 0.15) is 4.88 Å². The Balaban J connectivity index is 2.31. The molecule has 6 heteroatoms. The van der Waals surface area contributed by atoms with Crippen LogP contribution < -0.4 is 4.90 Å². The van der Waals surface area contributed by atoms with Crippen molar-refractivity contribution in [3.63, 3.8) is 0 Å². The lowest BCUT2D eigenvalue weighted by atomic mass is 9.91. The SMILES string of the molecule is CCC1CN(c2nc(C(C)(C)C)c(C(=O)O)s2)CCN1C. The zero-order valence-corrected chi connectivity index (χ0v) is 14.3. The molecule has 0 aromatic carbocycles. The summed E-state index contributed by atoms with van der Waals surface area (Å²) in [5, 5.41) is 10.3. The molecular weight excluding hydrogens is 286 g/mol. The van der Waals surface area contributed by atoms with Gasteiger partial charge in [0.05, 0.1) is 5.69 Å². The van der Waals surface area contributed by atoms with E-state index in [-0.39, 0.29) is 5.41 Å². The van der Waals surface area contributed by atoms with Gasteiger partial charge in [-0.3, -0.25) is 4.90 Å². The molecule has 0 bridgehead atoms. The van der Waals surface area contributed by atoms with Gasteiger partial charge in [-0.15, -0.1) is 0 Å². The Kier molecular flexibility index (Phi) is 4.58. The van der Waals surface area contributed by atoms with Gasteiger partial charge in [0.2, 0.25) is 0 Å². The lowest BCUT2D eigenvalue weighted by molar-refractivity contribution is 0.0699. The summed E-state index contributed by atoms with van der Waals surface area (Å²) < 4.78 is 0. The van der Waals surface area contributed by atoms with E-state index in [9.17, 15) is 9.90 Å². The number of likely N-dealkylation sites (N-methyl/N-ethyl adjacent to an activating group) is 1. The maximum absolute atomic E-state index is 11.5. The van der Waals surface area contributed by atoms with Crippen molar-refractivity contribution in [3.05, 3.63) is 10.6 Å². The molecule has 21 heavy (non-hydrogen) atoms. The largest absolute Gasteiger partial charge is 0.477 e. The van der Waals surface area contributed by atoms with E-state index < -0.39 is 5.97 Å². The number of thiazole rings is 1. The monoisotopic (exact) mass is 311 g/mol. The number of aromatic carboxylic acids is 1. The Labute approximate surface area is 130 Å². The van der Waals surface area contributed by atoms with E-state index >= 15 is 0 Å². The number of anilines is 1. The summed E-state index contributed by atoms with van der Waals surface area (Å²) in [6, 6.07) is 0.508. The molecule has 1 atom stereocenters. The third-order valence-corrected chi connectivity index (χ3v) is 5.14. The maximum atomic E-state index is 11.5. The second kappa shape index (κ2) is 5.93. The first-order chi connectivity index (χ1) is 9.74. The summed E-state index contributed by atoms with van der Waals surface area (Å²) in [7, 11) is 2.15. The number of carbonyl (C=O) groups is 1. The molecule has 0 aliphatic carbocycles. The second-order valence-corrected chi connectivity index (χ2v) is 7.70. The highest BCUT2D eigenvalue weighted by Gasteiger charge is 2.30. The molecule has 1 aliphatic heterocycles. The van der Waals surface area contributed by atoms with E-state index in [4.69, 9.17) is 0 Å². The second-order valence-electron chi connectivity index (χ2n) is 6.72. The summed E-state index contributed by atoms with van der Waals surface area (Å²) in [6.07, 6.45) is 1.09. The number of carboxylic acid groups (broad SMARTS) is 1. The maximum Gasteiger partial charge on any atom is 0.347 e. The molecule has 5 nitrogen and oxygen atoms in total. The molecule has 0 spiro atoms. The Hall–Kier alpha value is -1.14. The van der Waals surface area contributed by atoms with Gasteiger partial charge in [-0.05, 0) is 13.5 Å². The van der Waals surface area contributed by atoms with Crippen LogP contribution in [0.5, 0.6) is 0 Å². The summed E-state index contributed by atoms with van der Waals surface area (Å²) in [5.74, 6) is -0.871. The zero-order valence-electron chi connectivity index (χ0n) is 13.5. The predicted octanol–water partition coefficient (Wildman–Crippen LogP) is 2.67. The zero-order chi connectivity index (χ0) is 15.8. The number of carboxylic acids is 1. The Bertz CT molecular complexity index is 521. The van der Waals surface area contributed by atoms with E-state index in [0.29, 0.717) is 16.6 Å². The smallest absolute Gasteiger partial charge is 0.347 e. The van der Waals surface area contributed by atoms with Gasteiger partial charge in [0.25, 0.3) is 0 Å². The average molecular weight is 311 g/mol. The van der Waals surface area contributed by atoms with Crippen LogP contribution in [0.1, 0.15) is 49.5 Å². The van der Waals surface area contributed by atoms with Crippen molar-refractivity contribution in [2.45, 2.75) is 45.6 Å². The molecule has 1 aliphatic rings. The van der Waals surface area contributed by atoms with Crippen LogP contribution in [0.4, 0.5) is 5.13 Å². The lowest BCUT2D eigenvalue weighted by Gasteiger charge is -2.39. The van der Waals surface area contributed by atoms with Crippen molar-refractivity contribution < 1.29 is 9.90 Å². The summed E-state index contributed by atoms with van der Waals surface area (Å²) in [4.78, 5) is 21.1. The number of nitrogens with zero attached hydrogens (tertiary/aromatic N) is 3. The highest BCUT2D eigenvalue weighted by atomic mass is 32.1. The minimum atomic E-state index is -0.871. The normalized spacial score (nSPS) is 20.8. The fourth-order valence-corrected chi connectivity index (χ4v) is 3.81. The minimum absolute atomic E-state index is 0.251. The van der Waals surface area contributed by atoms with E-state index in [0.717, 1.165) is 31.2 Å². The van der Waals surface area contributed by atoms with Crippen LogP contribution >= 0.6 is 11.3 Å². The first-order valence-corrected chi connectivity index (χ1v) is 8.25. The minimum Gasteiger partial charge on any atom is -0.477 e. The summed E-state index contributed by atoms with van der Waals surface area (Å²) in [6.45, 7) is 11.0. The van der Waals surface area contributed by atoms with E-state index in [2.05, 4.69) is 28.8 Å². The number of hydrogen-bond donors (Lipinski definition) is 1. The van der Waals surface area contributed by atoms with Gasteiger partial charge in [0.15, 0.2) is 5.13 Å². The van der Waals surface area contributed by atoms with Crippen LogP contribution in [0.2, 0.25) is 0 Å². The van der Waals surface area contributed by atoms with Crippen molar-refractivity contribution in [1.29, 1.82) is 0 Å². The van der Waals surface area contributed by atoms with Gasteiger partial charge in [-0.2, -0.15) is 0 Å². The molecule has 1 saturated heterocycles. The van der Waals surface area contributed by atoms with Crippen LogP contribution in [0, 0.1) is 0 Å². The highest BCUT2D eigenvalue weighted by molar-refractivity contribution is 7.17. The number of hydrogen-bond acceptors (Lipinski definition) is 5. The summed E-state index contributed by atoms with van der Waals surface area (Å²) >= 11 is 1.31. The van der Waals surface area contributed by atoms with E-state index in [1.165, 1.54) is 11.3 Å². The van der Waals surface area contributed by atoms with Crippen LogP contribution in [-0.2, 0) is 5.41 Å². The molecule has 1 fully saturated rings. The predicted molar refractivity (Wildman–Crippen MR) is 86.7 cm³/mol. The fraction of sp³-hybridized carbons (Fsp3) is 0.733. The third-order valence-electron chi connectivity index (χ3n) is 4.04. The average Bonchev–Trinajstić information content (AvgIpc) is 2.84. The molecule has 1 aromatic rings. The quantitative estimate of drug-likeness (QED) is 0.930. The molecule has 118 valence electrons. The van der Waals surface area contributed by atoms with Crippen LogP contribution in [0.15, 0.2) is 0 Å². The van der Waals surface area contributed by atoms with Crippen molar-refractivity contribution in [1.82, 2.24) is 9.88 Å². The van der Waals surface area contributed by atoms with Gasteiger partial charge in [-0.1, -0.05) is 39.0 Å². The van der Waals surface area contributed by atoms with Crippen molar-refractivity contribution in [2.75, 3.05) is 31.6 Å². The first kappa shape index (κ1) is 16.2. The van der Waals surface area contributed by atoms with E-state index in [1.54, 1.807) is 0 Å². The van der Waals surface area contributed by atoms with Crippen molar-refractivity contribution in [3.8, 4) is 0 Å². The van der Waals surface area contributed by atoms with E-state index in [1.807, 2.05) is 20.8 Å². The van der Waals surface area contributed by atoms with Crippen molar-refractivity contribution in [2.24, 2.45) is 0 Å². The molecule has 1 unspecified atom stereocenters. The lowest BCUT2D eigenvalue weighted by Crippen LogP contribution is -2.51. The molecule has 0 saturated carbocycles. The van der Waals surface area contributed by atoms with Gasteiger partial charge >= 0.3 is 5.97 Å². The Morgan fingerprint density at radius 3 is 2.57 bits per heavy atom. The fourth-order valence-electron chi connectivity index (χ4n) is 2.66. The highest BCUT2D eigenvalue weighted by Crippen LogP contribution is 2.34. The molecule has 2 rings (SSSR count). The topological polar surface area (TPSA) is 56.7 Å². The van der Waals surface area contributed by atoms with Gasteiger partial charge in [-0.25, -0.2) is 9.78 Å². The Morgan fingerprint density at radius 2 is 2.10 bits per heavy atom. The summed E-state index contributed by atoms with van der Waals surface area (Å²) in [5.41, 5.74) is 0.445. The standard InChI is InChI=1S/C15H25N3O2S/c1-6-10-9-18(8-7-17(10)5)14-16-12(15(2,3)4)11(21-14)13(19)20/h10H,6-9H2,1-5H3,(H,19,20). The third kappa shape index (κ3) is 3.37. The van der Waals surface area contributed by atoms with Crippen LogP contribution in [-0.4, -0.2) is 53.7 Å². The van der Waals surface area contributed by atoms with Gasteiger partial charge < -0.3 is 10.0 Å². The molecule has 0 radical (unpaired) electrons. The molecule has 1 N–H and O–H groups in total. The van der Waals surface area contributed by atoms with Crippen LogP contribution in [0.25, 0.3) is 0 Å². The number of aromatic nitrogens is 1.